The van der Waals surface area contributed by atoms with Crippen molar-refractivity contribution in [3.63, 3.8) is 0 Å². The Labute approximate surface area is 188 Å². The highest BCUT2D eigenvalue weighted by molar-refractivity contribution is 6.31. The van der Waals surface area contributed by atoms with Crippen LogP contribution < -0.4 is 21.4 Å². The van der Waals surface area contributed by atoms with Crippen molar-refractivity contribution >= 4 is 34.9 Å². The molecule has 0 saturated carbocycles. The molecule has 32 heavy (non-hydrogen) atoms. The van der Waals surface area contributed by atoms with Gasteiger partial charge in [-0.2, -0.15) is 10.1 Å². The van der Waals surface area contributed by atoms with Crippen molar-refractivity contribution in [2.75, 3.05) is 12.5 Å². The van der Waals surface area contributed by atoms with E-state index in [1.807, 2.05) is 42.5 Å². The van der Waals surface area contributed by atoms with Crippen molar-refractivity contribution in [1.82, 2.24) is 18.7 Å². The molecule has 9 nitrogen and oxygen atoms in total. The fraction of sp³-hybridized carbons (Fsp3) is 0.182. The smallest absolute Gasteiger partial charge is 0.332 e. The van der Waals surface area contributed by atoms with Gasteiger partial charge in [0.1, 0.15) is 5.75 Å². The zero-order valence-corrected chi connectivity index (χ0v) is 18.5. The summed E-state index contributed by atoms with van der Waals surface area (Å²) in [5.74, 6) is 0.961. The van der Waals surface area contributed by atoms with Gasteiger partial charge in [-0.25, -0.2) is 10.2 Å². The Kier molecular flexibility index (Phi) is 5.83. The van der Waals surface area contributed by atoms with Gasteiger partial charge in [-0.3, -0.25) is 18.5 Å². The number of halogens is 1. The molecular weight excluding hydrogens is 432 g/mol. The predicted octanol–water partition coefficient (Wildman–Crippen LogP) is 2.59. The number of hydrazone groups is 1. The molecule has 0 unspecified atom stereocenters. The van der Waals surface area contributed by atoms with Crippen LogP contribution in [0, 0.1) is 0 Å². The quantitative estimate of drug-likeness (QED) is 0.358. The van der Waals surface area contributed by atoms with E-state index >= 15 is 0 Å². The van der Waals surface area contributed by atoms with Gasteiger partial charge in [-0.15, -0.1) is 0 Å². The Morgan fingerprint density at radius 2 is 1.81 bits per heavy atom. The molecule has 164 valence electrons. The number of nitrogens with zero attached hydrogens (tertiary/aromatic N) is 5. The third kappa shape index (κ3) is 3.78. The molecule has 0 radical (unpaired) electrons. The average Bonchev–Trinajstić information content (AvgIpc) is 3.16. The second-order valence-corrected chi connectivity index (χ2v) is 7.51. The number of ether oxygens (including phenoxy) is 1. The summed E-state index contributed by atoms with van der Waals surface area (Å²) in [6, 6.07) is 14.8. The van der Waals surface area contributed by atoms with Crippen molar-refractivity contribution in [3.05, 3.63) is 85.5 Å². The van der Waals surface area contributed by atoms with Crippen LogP contribution in [0.5, 0.6) is 5.75 Å². The summed E-state index contributed by atoms with van der Waals surface area (Å²) >= 11 is 6.35. The first-order valence-electron chi connectivity index (χ1n) is 9.74. The van der Waals surface area contributed by atoms with Crippen LogP contribution in [-0.4, -0.2) is 32.0 Å². The lowest BCUT2D eigenvalue weighted by Gasteiger charge is -2.10. The van der Waals surface area contributed by atoms with Crippen molar-refractivity contribution in [3.8, 4) is 5.75 Å². The van der Waals surface area contributed by atoms with Gasteiger partial charge in [0.15, 0.2) is 11.2 Å². The zero-order chi connectivity index (χ0) is 22.8. The van der Waals surface area contributed by atoms with Crippen molar-refractivity contribution in [2.24, 2.45) is 19.2 Å². The summed E-state index contributed by atoms with van der Waals surface area (Å²) in [5, 5.41) is 4.83. The fourth-order valence-electron chi connectivity index (χ4n) is 3.42. The Morgan fingerprint density at radius 1 is 1.09 bits per heavy atom. The second-order valence-electron chi connectivity index (χ2n) is 7.10. The SMILES string of the molecule is COc1ccccc1/C=N/Nc1nc2c(c(=O)n(C)c(=O)n2C)n1Cc1ccccc1Cl. The lowest BCUT2D eigenvalue weighted by atomic mass is 10.2. The minimum Gasteiger partial charge on any atom is -0.496 e. The summed E-state index contributed by atoms with van der Waals surface area (Å²) in [6.45, 7) is 0.260. The zero-order valence-electron chi connectivity index (χ0n) is 17.7. The summed E-state index contributed by atoms with van der Waals surface area (Å²) in [7, 11) is 4.59. The molecule has 2 heterocycles. The van der Waals surface area contributed by atoms with Crippen molar-refractivity contribution in [2.45, 2.75) is 6.54 Å². The average molecular weight is 453 g/mol. The number of imidazole rings is 1. The first kappa shape index (κ1) is 21.4. The molecular formula is C22H21ClN6O3. The van der Waals surface area contributed by atoms with E-state index in [4.69, 9.17) is 16.3 Å². The van der Waals surface area contributed by atoms with Crippen LogP contribution in [0.2, 0.25) is 5.02 Å². The van der Waals surface area contributed by atoms with Crippen LogP contribution >= 0.6 is 11.6 Å². The molecule has 0 bridgehead atoms. The van der Waals surface area contributed by atoms with Gasteiger partial charge in [-0.05, 0) is 23.8 Å². The highest BCUT2D eigenvalue weighted by atomic mass is 35.5. The first-order valence-corrected chi connectivity index (χ1v) is 10.1. The molecule has 2 aromatic heterocycles. The number of anilines is 1. The van der Waals surface area contributed by atoms with E-state index < -0.39 is 11.2 Å². The van der Waals surface area contributed by atoms with Crippen molar-refractivity contribution < 1.29 is 4.74 Å². The van der Waals surface area contributed by atoms with Gasteiger partial charge in [-0.1, -0.05) is 41.9 Å². The predicted molar refractivity (Wildman–Crippen MR) is 125 cm³/mol. The molecule has 4 rings (SSSR count). The summed E-state index contributed by atoms with van der Waals surface area (Å²) < 4.78 is 9.38. The number of hydrogen-bond donors (Lipinski definition) is 1. The number of fused-ring (bicyclic) bond motifs is 1. The number of aromatic nitrogens is 4. The van der Waals surface area contributed by atoms with E-state index in [-0.39, 0.29) is 17.7 Å². The number of nitrogens with one attached hydrogen (secondary N) is 1. The van der Waals surface area contributed by atoms with Crippen LogP contribution in [-0.2, 0) is 20.6 Å². The maximum Gasteiger partial charge on any atom is 0.332 e. The van der Waals surface area contributed by atoms with Gasteiger partial charge in [0.05, 0.1) is 19.9 Å². The van der Waals surface area contributed by atoms with Crippen LogP contribution in [0.15, 0.2) is 63.2 Å². The lowest BCUT2D eigenvalue weighted by molar-refractivity contribution is 0.414. The summed E-state index contributed by atoms with van der Waals surface area (Å²) in [5.41, 5.74) is 4.05. The van der Waals surface area contributed by atoms with Gasteiger partial charge in [0.2, 0.25) is 5.95 Å². The Bertz CT molecular complexity index is 1450. The Hall–Kier alpha value is -3.85. The number of rotatable bonds is 6. The lowest BCUT2D eigenvalue weighted by Crippen LogP contribution is -2.37. The standard InChI is InChI=1S/C22H21ClN6O3/c1-27-19-18(20(30)28(2)22(27)31)29(13-15-9-4-6-10-16(15)23)21(25-19)26-24-12-14-8-5-7-11-17(14)32-3/h4-12H,13H2,1-3H3,(H,25,26)/b24-12+. The monoisotopic (exact) mass is 452 g/mol. The third-order valence-corrected chi connectivity index (χ3v) is 5.51. The molecule has 0 aliphatic rings. The van der Waals surface area contributed by atoms with E-state index in [0.717, 1.165) is 15.7 Å². The maximum atomic E-state index is 13.0. The molecule has 4 aromatic rings. The molecule has 0 aliphatic carbocycles. The van der Waals surface area contributed by atoms with E-state index in [1.165, 1.54) is 11.6 Å². The van der Waals surface area contributed by atoms with Gasteiger partial charge in [0, 0.05) is 24.7 Å². The molecule has 1 N–H and O–H groups in total. The van der Waals surface area contributed by atoms with Crippen LogP contribution in [0.3, 0.4) is 0 Å². The van der Waals surface area contributed by atoms with Gasteiger partial charge >= 0.3 is 5.69 Å². The molecule has 2 aromatic carbocycles. The molecule has 0 amide bonds. The Balaban J connectivity index is 1.84. The van der Waals surface area contributed by atoms with Gasteiger partial charge < -0.3 is 4.74 Å². The summed E-state index contributed by atoms with van der Waals surface area (Å²) in [6.07, 6.45) is 1.59. The van der Waals surface area contributed by atoms with E-state index in [9.17, 15) is 9.59 Å². The topological polar surface area (TPSA) is 95.4 Å². The number of aryl methyl sites for hydroxylation is 1. The molecule has 0 saturated heterocycles. The molecule has 0 spiro atoms. The number of benzene rings is 2. The fourth-order valence-corrected chi connectivity index (χ4v) is 3.61. The molecule has 10 heteroatoms. The van der Waals surface area contributed by atoms with Crippen LogP contribution in [0.4, 0.5) is 5.95 Å². The third-order valence-electron chi connectivity index (χ3n) is 5.14. The van der Waals surface area contributed by atoms with Crippen LogP contribution in [0.1, 0.15) is 11.1 Å². The Morgan fingerprint density at radius 3 is 2.56 bits per heavy atom. The molecule has 0 aliphatic heterocycles. The molecule has 0 fully saturated rings. The van der Waals surface area contributed by atoms with E-state index in [2.05, 4.69) is 15.5 Å². The van der Waals surface area contributed by atoms with Gasteiger partial charge in [0.25, 0.3) is 5.56 Å². The van der Waals surface area contributed by atoms with E-state index in [0.29, 0.717) is 16.7 Å². The van der Waals surface area contributed by atoms with E-state index in [1.54, 1.807) is 31.0 Å². The molecule has 0 atom stereocenters. The maximum absolute atomic E-state index is 13.0. The number of methoxy groups -OCH3 is 1. The minimum absolute atomic E-state index is 0.250. The number of para-hydroxylation sites is 1. The largest absolute Gasteiger partial charge is 0.496 e. The van der Waals surface area contributed by atoms with Crippen LogP contribution in [0.25, 0.3) is 11.2 Å². The summed E-state index contributed by atoms with van der Waals surface area (Å²) in [4.78, 5) is 29.8. The second kappa shape index (κ2) is 8.72. The van der Waals surface area contributed by atoms with Crippen molar-refractivity contribution in [1.29, 1.82) is 0 Å². The number of hydrogen-bond acceptors (Lipinski definition) is 6. The minimum atomic E-state index is -0.464. The normalized spacial score (nSPS) is 11.4. The highest BCUT2D eigenvalue weighted by Crippen LogP contribution is 2.22. The highest BCUT2D eigenvalue weighted by Gasteiger charge is 2.19. The first-order chi connectivity index (χ1) is 15.4.